The maximum Gasteiger partial charge on any atom is 0.0597 e. The smallest absolute Gasteiger partial charge is 0.0597 e. The third kappa shape index (κ3) is 10.6. The number of hydrogen-bond donors (Lipinski definition) is 0. The Bertz CT molecular complexity index is 381. The zero-order valence-electron chi connectivity index (χ0n) is 20.6. The molecule has 0 aromatic carbocycles. The Balaban J connectivity index is 2.36. The lowest BCUT2D eigenvalue weighted by atomic mass is 9.74. The standard InChI is InChI=1S/C26H53NO/c1-8-10-12-25(13-11-17-26(6,7)23(4)9-2)15-14-22(3)21-27-18-16-24(5)28-20-19-27/h22-25H,8-21H2,1-7H3. The van der Waals surface area contributed by atoms with Gasteiger partial charge in [-0.3, -0.25) is 0 Å². The van der Waals surface area contributed by atoms with E-state index in [9.17, 15) is 0 Å². The quantitative estimate of drug-likeness (QED) is 0.301. The molecular weight excluding hydrogens is 342 g/mol. The summed E-state index contributed by atoms with van der Waals surface area (Å²) in [5.41, 5.74) is 0.503. The fourth-order valence-electron chi connectivity index (χ4n) is 4.75. The van der Waals surface area contributed by atoms with Crippen LogP contribution in [0.5, 0.6) is 0 Å². The highest BCUT2D eigenvalue weighted by Crippen LogP contribution is 2.35. The summed E-state index contributed by atoms with van der Waals surface area (Å²) in [6.45, 7) is 21.3. The van der Waals surface area contributed by atoms with E-state index in [1.54, 1.807) is 0 Å². The average molecular weight is 396 g/mol. The van der Waals surface area contributed by atoms with Gasteiger partial charge in [0.15, 0.2) is 0 Å². The van der Waals surface area contributed by atoms with E-state index in [0.29, 0.717) is 11.5 Å². The maximum absolute atomic E-state index is 5.81. The van der Waals surface area contributed by atoms with Crippen molar-refractivity contribution >= 4 is 0 Å². The van der Waals surface area contributed by atoms with Crippen LogP contribution in [-0.4, -0.2) is 37.2 Å². The van der Waals surface area contributed by atoms with Gasteiger partial charge in [0.25, 0.3) is 0 Å². The van der Waals surface area contributed by atoms with Gasteiger partial charge in [-0.05, 0) is 49.4 Å². The van der Waals surface area contributed by atoms with Gasteiger partial charge in [-0.15, -0.1) is 0 Å². The molecule has 0 spiro atoms. The van der Waals surface area contributed by atoms with Crippen molar-refractivity contribution in [1.29, 1.82) is 0 Å². The highest BCUT2D eigenvalue weighted by Gasteiger charge is 2.24. The molecule has 1 aliphatic heterocycles. The lowest BCUT2D eigenvalue weighted by Crippen LogP contribution is -2.31. The Morgan fingerprint density at radius 2 is 1.71 bits per heavy atom. The molecule has 0 radical (unpaired) electrons. The summed E-state index contributed by atoms with van der Waals surface area (Å²) in [5.74, 6) is 2.60. The van der Waals surface area contributed by atoms with E-state index in [-0.39, 0.29) is 0 Å². The van der Waals surface area contributed by atoms with Gasteiger partial charge < -0.3 is 9.64 Å². The van der Waals surface area contributed by atoms with Crippen LogP contribution < -0.4 is 0 Å². The second-order valence-electron chi connectivity index (χ2n) is 10.7. The number of rotatable bonds is 14. The van der Waals surface area contributed by atoms with E-state index < -0.39 is 0 Å². The van der Waals surface area contributed by atoms with E-state index in [1.807, 2.05) is 0 Å². The Hall–Kier alpha value is -0.0800. The van der Waals surface area contributed by atoms with Gasteiger partial charge in [-0.25, -0.2) is 0 Å². The van der Waals surface area contributed by atoms with E-state index in [4.69, 9.17) is 4.74 Å². The van der Waals surface area contributed by atoms with Crippen molar-refractivity contribution in [2.75, 3.05) is 26.2 Å². The second-order valence-corrected chi connectivity index (χ2v) is 10.7. The summed E-state index contributed by atoms with van der Waals surface area (Å²) in [6, 6.07) is 0. The average Bonchev–Trinajstić information content (AvgIpc) is 2.86. The summed E-state index contributed by atoms with van der Waals surface area (Å²) in [7, 11) is 0. The molecule has 0 amide bonds. The summed E-state index contributed by atoms with van der Waals surface area (Å²) in [4.78, 5) is 2.64. The summed E-state index contributed by atoms with van der Waals surface area (Å²) in [5, 5.41) is 0. The Morgan fingerprint density at radius 3 is 2.39 bits per heavy atom. The molecule has 1 aliphatic rings. The van der Waals surface area contributed by atoms with Crippen molar-refractivity contribution in [1.82, 2.24) is 4.90 Å². The van der Waals surface area contributed by atoms with Gasteiger partial charge in [0.1, 0.15) is 0 Å². The van der Waals surface area contributed by atoms with Gasteiger partial charge in [0.2, 0.25) is 0 Å². The molecule has 0 aliphatic carbocycles. The van der Waals surface area contributed by atoms with Crippen LogP contribution in [0.4, 0.5) is 0 Å². The number of hydrogen-bond acceptors (Lipinski definition) is 2. The van der Waals surface area contributed by atoms with Crippen molar-refractivity contribution < 1.29 is 4.74 Å². The largest absolute Gasteiger partial charge is 0.377 e. The second kappa shape index (κ2) is 14.0. The normalized spacial score (nSPS) is 22.6. The maximum atomic E-state index is 5.81. The van der Waals surface area contributed by atoms with E-state index in [2.05, 4.69) is 53.4 Å². The molecule has 2 heteroatoms. The van der Waals surface area contributed by atoms with Crippen LogP contribution in [-0.2, 0) is 4.74 Å². The highest BCUT2D eigenvalue weighted by molar-refractivity contribution is 4.76. The van der Waals surface area contributed by atoms with Gasteiger partial charge in [-0.1, -0.05) is 86.5 Å². The molecule has 1 saturated heterocycles. The van der Waals surface area contributed by atoms with E-state index >= 15 is 0 Å². The molecule has 0 N–H and O–H groups in total. The molecule has 168 valence electrons. The lowest BCUT2D eigenvalue weighted by molar-refractivity contribution is 0.0744. The predicted molar refractivity (Wildman–Crippen MR) is 125 cm³/mol. The number of ether oxygens (including phenoxy) is 1. The third-order valence-corrected chi connectivity index (χ3v) is 7.65. The van der Waals surface area contributed by atoms with Gasteiger partial charge in [0, 0.05) is 19.6 Å². The van der Waals surface area contributed by atoms with E-state index in [0.717, 1.165) is 30.9 Å². The van der Waals surface area contributed by atoms with Crippen molar-refractivity contribution in [2.45, 2.75) is 119 Å². The van der Waals surface area contributed by atoms with Crippen LogP contribution in [0.25, 0.3) is 0 Å². The molecule has 0 bridgehead atoms. The summed E-state index contributed by atoms with van der Waals surface area (Å²) in [6.07, 6.45) is 14.2. The molecule has 0 aromatic rings. The minimum absolute atomic E-state index is 0.443. The SMILES string of the molecule is CCCCC(CCCC(C)(C)C(C)CC)CCC(C)CN1CCOC(C)CC1. The van der Waals surface area contributed by atoms with Gasteiger partial charge >= 0.3 is 0 Å². The zero-order valence-corrected chi connectivity index (χ0v) is 20.6. The van der Waals surface area contributed by atoms with Crippen molar-refractivity contribution in [3.05, 3.63) is 0 Å². The minimum atomic E-state index is 0.443. The Morgan fingerprint density at radius 1 is 1.00 bits per heavy atom. The van der Waals surface area contributed by atoms with Crippen LogP contribution in [0.3, 0.4) is 0 Å². The van der Waals surface area contributed by atoms with Crippen LogP contribution in [0.2, 0.25) is 0 Å². The molecule has 1 rings (SSSR count). The monoisotopic (exact) mass is 395 g/mol. The third-order valence-electron chi connectivity index (χ3n) is 7.65. The first-order chi connectivity index (χ1) is 13.3. The van der Waals surface area contributed by atoms with E-state index in [1.165, 1.54) is 77.3 Å². The van der Waals surface area contributed by atoms with Crippen molar-refractivity contribution in [3.63, 3.8) is 0 Å². The fraction of sp³-hybridized carbons (Fsp3) is 1.00. The molecule has 2 nitrogen and oxygen atoms in total. The van der Waals surface area contributed by atoms with Crippen LogP contribution >= 0.6 is 0 Å². The molecule has 4 atom stereocenters. The molecular formula is C26H53NO. The topological polar surface area (TPSA) is 12.5 Å². The Labute approximate surface area is 178 Å². The summed E-state index contributed by atoms with van der Waals surface area (Å²) >= 11 is 0. The highest BCUT2D eigenvalue weighted by atomic mass is 16.5. The predicted octanol–water partition coefficient (Wildman–Crippen LogP) is 7.56. The Kier molecular flexibility index (Phi) is 13.0. The van der Waals surface area contributed by atoms with Crippen LogP contribution in [0.15, 0.2) is 0 Å². The van der Waals surface area contributed by atoms with Crippen molar-refractivity contribution in [2.24, 2.45) is 23.2 Å². The van der Waals surface area contributed by atoms with Crippen LogP contribution in [0.1, 0.15) is 113 Å². The zero-order chi connectivity index (χ0) is 21.0. The number of unbranched alkanes of at least 4 members (excludes halogenated alkanes) is 1. The van der Waals surface area contributed by atoms with Gasteiger partial charge in [0.05, 0.1) is 12.7 Å². The molecule has 4 unspecified atom stereocenters. The molecule has 0 saturated carbocycles. The number of nitrogens with zero attached hydrogens (tertiary/aromatic N) is 1. The lowest BCUT2D eigenvalue weighted by Gasteiger charge is -2.32. The molecule has 0 aromatic heterocycles. The first-order valence-electron chi connectivity index (χ1n) is 12.6. The first-order valence-corrected chi connectivity index (χ1v) is 12.6. The van der Waals surface area contributed by atoms with Crippen molar-refractivity contribution in [3.8, 4) is 0 Å². The molecule has 28 heavy (non-hydrogen) atoms. The fourth-order valence-corrected chi connectivity index (χ4v) is 4.75. The first kappa shape index (κ1) is 26.0. The summed E-state index contributed by atoms with van der Waals surface area (Å²) < 4.78 is 5.81. The minimum Gasteiger partial charge on any atom is -0.377 e. The molecule has 1 fully saturated rings. The van der Waals surface area contributed by atoms with Crippen LogP contribution in [0, 0.1) is 23.2 Å². The van der Waals surface area contributed by atoms with Gasteiger partial charge in [-0.2, -0.15) is 0 Å². The molecule has 1 heterocycles.